The largest absolute Gasteiger partial charge is 0.247 e. The van der Waals surface area contributed by atoms with E-state index in [9.17, 15) is 8.78 Å². The topological polar surface area (TPSA) is 12.9 Å². The Morgan fingerprint density at radius 3 is 2.44 bits per heavy atom. The Kier molecular flexibility index (Phi) is 4.30. The molecule has 0 radical (unpaired) electrons. The lowest BCUT2D eigenvalue weighted by molar-refractivity contribution is 0.492. The van der Waals surface area contributed by atoms with Crippen LogP contribution in [0, 0.1) is 18.6 Å². The summed E-state index contributed by atoms with van der Waals surface area (Å²) >= 11 is 7.07. The van der Waals surface area contributed by atoms with Crippen LogP contribution in [0.4, 0.5) is 8.78 Å². The molecule has 0 aliphatic carbocycles. The van der Waals surface area contributed by atoms with E-state index in [1.807, 2.05) is 12.3 Å². The van der Waals surface area contributed by atoms with Gasteiger partial charge in [-0.1, -0.05) is 12.1 Å². The molecule has 2 rings (SSSR count). The first-order valence-corrected chi connectivity index (χ1v) is 6.96. The Morgan fingerprint density at radius 2 is 1.83 bits per heavy atom. The minimum Gasteiger partial charge on any atom is -0.247 e. The van der Waals surface area contributed by atoms with Gasteiger partial charge in [-0.3, -0.25) is 0 Å². The molecule has 1 aromatic carbocycles. The second kappa shape index (κ2) is 5.76. The van der Waals surface area contributed by atoms with Gasteiger partial charge in [-0.15, -0.1) is 22.9 Å². The number of hydrogen-bond acceptors (Lipinski definition) is 2. The third-order valence-corrected chi connectivity index (χ3v) is 3.81. The summed E-state index contributed by atoms with van der Waals surface area (Å²) < 4.78 is 27.2. The van der Waals surface area contributed by atoms with Gasteiger partial charge in [-0.2, -0.15) is 0 Å². The van der Waals surface area contributed by atoms with Crippen molar-refractivity contribution in [2.75, 3.05) is 0 Å². The first-order chi connectivity index (χ1) is 8.61. The molecule has 0 N–H and O–H groups in total. The fourth-order valence-corrected chi connectivity index (χ4v) is 2.57. The van der Waals surface area contributed by atoms with Crippen molar-refractivity contribution in [2.45, 2.75) is 25.6 Å². The molecule has 5 heteroatoms. The molecule has 18 heavy (non-hydrogen) atoms. The number of rotatable bonds is 4. The molecule has 0 aliphatic heterocycles. The zero-order valence-electron chi connectivity index (χ0n) is 9.84. The standard InChI is InChI=1S/C13H12ClF2NS/c1-8-17-11(7-18-8)5-4-9-2-3-10(6-14)13(16)12(9)15/h2-3,7H,4-6H2,1H3. The van der Waals surface area contributed by atoms with Gasteiger partial charge in [0.2, 0.25) is 0 Å². The highest BCUT2D eigenvalue weighted by Crippen LogP contribution is 2.20. The molecule has 0 saturated carbocycles. The molecule has 0 fully saturated rings. The molecule has 1 heterocycles. The molecular formula is C13H12ClF2NS. The molecule has 1 nitrogen and oxygen atoms in total. The van der Waals surface area contributed by atoms with Gasteiger partial charge in [0, 0.05) is 10.9 Å². The summed E-state index contributed by atoms with van der Waals surface area (Å²) in [5.41, 5.74) is 1.48. The van der Waals surface area contributed by atoms with Crippen molar-refractivity contribution in [2.24, 2.45) is 0 Å². The highest BCUT2D eigenvalue weighted by atomic mass is 35.5. The molecule has 2 aromatic rings. The van der Waals surface area contributed by atoms with Gasteiger partial charge >= 0.3 is 0 Å². The maximum atomic E-state index is 13.7. The van der Waals surface area contributed by atoms with Crippen LogP contribution in [0.5, 0.6) is 0 Å². The van der Waals surface area contributed by atoms with E-state index < -0.39 is 11.6 Å². The fraction of sp³-hybridized carbons (Fsp3) is 0.308. The van der Waals surface area contributed by atoms with E-state index in [0.29, 0.717) is 18.4 Å². The van der Waals surface area contributed by atoms with Crippen molar-refractivity contribution < 1.29 is 8.78 Å². The number of aryl methyl sites for hydroxylation is 3. The summed E-state index contributed by atoms with van der Waals surface area (Å²) in [7, 11) is 0. The Labute approximate surface area is 113 Å². The Bertz CT molecular complexity index is 554. The second-order valence-electron chi connectivity index (χ2n) is 4.00. The van der Waals surface area contributed by atoms with Gasteiger partial charge in [0.15, 0.2) is 11.6 Å². The molecule has 0 unspecified atom stereocenters. The van der Waals surface area contributed by atoms with Gasteiger partial charge < -0.3 is 0 Å². The summed E-state index contributed by atoms with van der Waals surface area (Å²) in [5, 5.41) is 2.92. The van der Waals surface area contributed by atoms with Crippen molar-refractivity contribution >= 4 is 22.9 Å². The molecule has 96 valence electrons. The van der Waals surface area contributed by atoms with E-state index in [1.54, 1.807) is 17.4 Å². The van der Waals surface area contributed by atoms with Crippen LogP contribution in [0.25, 0.3) is 0 Å². The average molecular weight is 288 g/mol. The molecule has 0 saturated heterocycles. The molecule has 0 spiro atoms. The second-order valence-corrected chi connectivity index (χ2v) is 5.33. The molecule has 1 aromatic heterocycles. The maximum Gasteiger partial charge on any atom is 0.163 e. The average Bonchev–Trinajstić information content (AvgIpc) is 2.77. The SMILES string of the molecule is Cc1nc(CCc2ccc(CCl)c(F)c2F)cs1. The fourth-order valence-electron chi connectivity index (χ4n) is 1.71. The summed E-state index contributed by atoms with van der Waals surface area (Å²) in [4.78, 5) is 4.29. The quantitative estimate of drug-likeness (QED) is 0.766. The first-order valence-electron chi connectivity index (χ1n) is 5.54. The van der Waals surface area contributed by atoms with Crippen LogP contribution < -0.4 is 0 Å². The van der Waals surface area contributed by atoms with Crippen molar-refractivity contribution in [3.8, 4) is 0 Å². The lowest BCUT2D eigenvalue weighted by Crippen LogP contribution is -2.00. The van der Waals surface area contributed by atoms with Gasteiger partial charge in [0.05, 0.1) is 16.6 Å². The molecule has 0 amide bonds. The maximum absolute atomic E-state index is 13.7. The van der Waals surface area contributed by atoms with E-state index in [2.05, 4.69) is 4.98 Å². The van der Waals surface area contributed by atoms with Crippen LogP contribution in [0.2, 0.25) is 0 Å². The smallest absolute Gasteiger partial charge is 0.163 e. The highest BCUT2D eigenvalue weighted by molar-refractivity contribution is 7.09. The third kappa shape index (κ3) is 2.87. The minimum absolute atomic E-state index is 0.0195. The van der Waals surface area contributed by atoms with Crippen LogP contribution in [-0.2, 0) is 18.7 Å². The van der Waals surface area contributed by atoms with Gasteiger partial charge in [0.25, 0.3) is 0 Å². The van der Waals surface area contributed by atoms with E-state index >= 15 is 0 Å². The van der Waals surface area contributed by atoms with E-state index in [-0.39, 0.29) is 11.4 Å². The van der Waals surface area contributed by atoms with Crippen LogP contribution in [0.1, 0.15) is 21.8 Å². The van der Waals surface area contributed by atoms with Crippen molar-refractivity contribution in [1.82, 2.24) is 4.98 Å². The first kappa shape index (κ1) is 13.4. The van der Waals surface area contributed by atoms with Gasteiger partial charge in [-0.05, 0) is 25.3 Å². The predicted octanol–water partition coefficient (Wildman–Crippen LogP) is 4.25. The Morgan fingerprint density at radius 1 is 1.17 bits per heavy atom. The van der Waals surface area contributed by atoms with E-state index in [4.69, 9.17) is 11.6 Å². The van der Waals surface area contributed by atoms with Crippen LogP contribution in [0.15, 0.2) is 17.5 Å². The van der Waals surface area contributed by atoms with Crippen molar-refractivity contribution in [3.05, 3.63) is 51.0 Å². The summed E-state index contributed by atoms with van der Waals surface area (Å²) in [6.45, 7) is 1.92. The monoisotopic (exact) mass is 287 g/mol. The lowest BCUT2D eigenvalue weighted by atomic mass is 10.1. The number of halogens is 3. The van der Waals surface area contributed by atoms with Crippen molar-refractivity contribution in [3.63, 3.8) is 0 Å². The number of alkyl halides is 1. The molecular weight excluding hydrogens is 276 g/mol. The van der Waals surface area contributed by atoms with Gasteiger partial charge in [-0.25, -0.2) is 13.8 Å². The van der Waals surface area contributed by atoms with Crippen LogP contribution in [0.3, 0.4) is 0 Å². The van der Waals surface area contributed by atoms with Crippen molar-refractivity contribution in [1.29, 1.82) is 0 Å². The lowest BCUT2D eigenvalue weighted by Gasteiger charge is -2.06. The number of thiazole rings is 1. The van der Waals surface area contributed by atoms with E-state index in [1.165, 1.54) is 6.07 Å². The Balaban J connectivity index is 2.12. The number of aromatic nitrogens is 1. The zero-order chi connectivity index (χ0) is 13.1. The van der Waals surface area contributed by atoms with Crippen LogP contribution >= 0.6 is 22.9 Å². The van der Waals surface area contributed by atoms with E-state index in [0.717, 1.165) is 10.7 Å². The summed E-state index contributed by atoms with van der Waals surface area (Å²) in [6.07, 6.45) is 1.05. The normalized spacial score (nSPS) is 10.9. The molecule has 0 bridgehead atoms. The number of hydrogen-bond donors (Lipinski definition) is 0. The summed E-state index contributed by atoms with van der Waals surface area (Å²) in [5.74, 6) is -1.65. The summed E-state index contributed by atoms with van der Waals surface area (Å²) in [6, 6.07) is 3.13. The third-order valence-electron chi connectivity index (χ3n) is 2.70. The number of benzene rings is 1. The Hall–Kier alpha value is -1.00. The van der Waals surface area contributed by atoms with Crippen LogP contribution in [-0.4, -0.2) is 4.98 Å². The molecule has 0 aliphatic rings. The highest BCUT2D eigenvalue weighted by Gasteiger charge is 2.13. The zero-order valence-corrected chi connectivity index (χ0v) is 11.4. The predicted molar refractivity (Wildman–Crippen MR) is 70.2 cm³/mol. The van der Waals surface area contributed by atoms with Gasteiger partial charge in [0.1, 0.15) is 0 Å². The minimum atomic E-state index is -0.836. The number of nitrogens with zero attached hydrogens (tertiary/aromatic N) is 1. The molecule has 0 atom stereocenters.